The van der Waals surface area contributed by atoms with Crippen LogP contribution in [0.1, 0.15) is 24.3 Å². The Morgan fingerprint density at radius 3 is 2.55 bits per heavy atom. The fourth-order valence-electron chi connectivity index (χ4n) is 2.48. The molecule has 0 unspecified atom stereocenters. The summed E-state index contributed by atoms with van der Waals surface area (Å²) < 4.78 is 10.5. The molecule has 0 atom stereocenters. The van der Waals surface area contributed by atoms with Crippen molar-refractivity contribution >= 4 is 5.69 Å². The smallest absolute Gasteiger partial charge is 0.237 e. The molecule has 100 valence electrons. The summed E-state index contributed by atoms with van der Waals surface area (Å²) in [6.45, 7) is 0. The monoisotopic (exact) mass is 267 g/mol. The van der Waals surface area contributed by atoms with Crippen LogP contribution < -0.4 is 5.73 Å². The Hall–Kier alpha value is -2.56. The molecule has 0 aliphatic heterocycles. The molecule has 4 rings (SSSR count). The van der Waals surface area contributed by atoms with Crippen molar-refractivity contribution in [1.29, 1.82) is 0 Å². The molecule has 0 bridgehead atoms. The second-order valence-corrected chi connectivity index (χ2v) is 5.14. The summed E-state index contributed by atoms with van der Waals surface area (Å²) in [5.41, 5.74) is 8.36. The zero-order chi connectivity index (χ0) is 13.6. The Bertz CT molecular complexity index is 725. The molecule has 0 saturated heterocycles. The SMILES string of the molecule is Nc1ccc(C2(c3nc(-c4ccoc4)no3)CC2)cc1. The topological polar surface area (TPSA) is 78.1 Å². The van der Waals surface area contributed by atoms with E-state index in [4.69, 9.17) is 14.7 Å². The van der Waals surface area contributed by atoms with Gasteiger partial charge in [-0.05, 0) is 36.6 Å². The maximum Gasteiger partial charge on any atom is 0.237 e. The molecule has 5 heteroatoms. The van der Waals surface area contributed by atoms with Gasteiger partial charge in [0.1, 0.15) is 6.26 Å². The predicted octanol–water partition coefficient (Wildman–Crippen LogP) is 2.99. The van der Waals surface area contributed by atoms with Gasteiger partial charge < -0.3 is 14.7 Å². The van der Waals surface area contributed by atoms with Crippen molar-refractivity contribution in [3.63, 3.8) is 0 Å². The Balaban J connectivity index is 1.72. The first-order valence-corrected chi connectivity index (χ1v) is 6.51. The Kier molecular flexibility index (Phi) is 2.24. The molecule has 2 heterocycles. The Morgan fingerprint density at radius 2 is 1.90 bits per heavy atom. The van der Waals surface area contributed by atoms with Gasteiger partial charge in [-0.1, -0.05) is 17.3 Å². The highest BCUT2D eigenvalue weighted by Gasteiger charge is 2.50. The summed E-state index contributed by atoms with van der Waals surface area (Å²) in [4.78, 5) is 4.52. The van der Waals surface area contributed by atoms with Crippen LogP contribution in [-0.4, -0.2) is 10.1 Å². The van der Waals surface area contributed by atoms with Crippen molar-refractivity contribution in [2.75, 3.05) is 5.73 Å². The van der Waals surface area contributed by atoms with E-state index in [-0.39, 0.29) is 5.41 Å². The van der Waals surface area contributed by atoms with E-state index >= 15 is 0 Å². The maximum absolute atomic E-state index is 5.74. The van der Waals surface area contributed by atoms with Crippen molar-refractivity contribution in [3.05, 3.63) is 54.3 Å². The molecule has 2 aromatic heterocycles. The average Bonchev–Trinajstić information content (AvgIpc) is 2.93. The summed E-state index contributed by atoms with van der Waals surface area (Å²) >= 11 is 0. The van der Waals surface area contributed by atoms with Crippen LogP contribution in [0.2, 0.25) is 0 Å². The molecule has 1 saturated carbocycles. The van der Waals surface area contributed by atoms with E-state index in [1.165, 1.54) is 5.56 Å². The minimum absolute atomic E-state index is 0.136. The number of hydrogen-bond acceptors (Lipinski definition) is 5. The Morgan fingerprint density at radius 1 is 1.10 bits per heavy atom. The van der Waals surface area contributed by atoms with Crippen molar-refractivity contribution in [3.8, 4) is 11.4 Å². The zero-order valence-electron chi connectivity index (χ0n) is 10.7. The number of hydrogen-bond donors (Lipinski definition) is 1. The average molecular weight is 267 g/mol. The van der Waals surface area contributed by atoms with E-state index in [9.17, 15) is 0 Å². The van der Waals surface area contributed by atoms with Gasteiger partial charge in [0, 0.05) is 5.69 Å². The first kappa shape index (κ1) is 11.3. The summed E-state index contributed by atoms with van der Waals surface area (Å²) in [7, 11) is 0. The fourth-order valence-corrected chi connectivity index (χ4v) is 2.48. The van der Waals surface area contributed by atoms with Crippen LogP contribution in [0.3, 0.4) is 0 Å². The van der Waals surface area contributed by atoms with Crippen molar-refractivity contribution in [1.82, 2.24) is 10.1 Å². The lowest BCUT2D eigenvalue weighted by molar-refractivity contribution is 0.360. The van der Waals surface area contributed by atoms with Gasteiger partial charge in [-0.15, -0.1) is 0 Å². The fraction of sp³-hybridized carbons (Fsp3) is 0.200. The second-order valence-electron chi connectivity index (χ2n) is 5.14. The van der Waals surface area contributed by atoms with Crippen LogP contribution in [-0.2, 0) is 5.41 Å². The van der Waals surface area contributed by atoms with Gasteiger partial charge in [0.25, 0.3) is 0 Å². The maximum atomic E-state index is 5.74. The minimum Gasteiger partial charge on any atom is -0.472 e. The number of nitrogens with two attached hydrogens (primary N) is 1. The zero-order valence-corrected chi connectivity index (χ0v) is 10.7. The van der Waals surface area contributed by atoms with Gasteiger partial charge in [0.2, 0.25) is 11.7 Å². The van der Waals surface area contributed by atoms with Crippen molar-refractivity contribution < 1.29 is 8.94 Å². The van der Waals surface area contributed by atoms with E-state index in [1.807, 2.05) is 30.3 Å². The molecular weight excluding hydrogens is 254 g/mol. The molecule has 1 fully saturated rings. The number of anilines is 1. The molecule has 0 amide bonds. The van der Waals surface area contributed by atoms with E-state index in [2.05, 4.69) is 10.1 Å². The van der Waals surface area contributed by atoms with Gasteiger partial charge in [-0.2, -0.15) is 4.98 Å². The first-order chi connectivity index (χ1) is 9.78. The molecular formula is C15H13N3O2. The molecule has 2 N–H and O–H groups in total. The molecule has 1 aliphatic rings. The predicted molar refractivity (Wildman–Crippen MR) is 72.9 cm³/mol. The molecule has 5 nitrogen and oxygen atoms in total. The van der Waals surface area contributed by atoms with Crippen molar-refractivity contribution in [2.24, 2.45) is 0 Å². The lowest BCUT2D eigenvalue weighted by Crippen LogP contribution is -2.09. The normalized spacial score (nSPS) is 16.2. The molecule has 1 aromatic carbocycles. The minimum atomic E-state index is -0.136. The molecule has 0 radical (unpaired) electrons. The van der Waals surface area contributed by atoms with E-state index in [0.717, 1.165) is 24.1 Å². The quantitative estimate of drug-likeness (QED) is 0.738. The Labute approximate surface area is 115 Å². The number of aromatic nitrogens is 2. The number of nitrogen functional groups attached to an aromatic ring is 1. The lowest BCUT2D eigenvalue weighted by atomic mass is 9.96. The summed E-state index contributed by atoms with van der Waals surface area (Å²) in [5.74, 6) is 1.23. The van der Waals surface area contributed by atoms with Crippen LogP contribution in [0.15, 0.2) is 51.8 Å². The lowest BCUT2D eigenvalue weighted by Gasteiger charge is -2.10. The first-order valence-electron chi connectivity index (χ1n) is 6.51. The summed E-state index contributed by atoms with van der Waals surface area (Å²) in [6, 6.07) is 9.69. The number of rotatable bonds is 3. The highest BCUT2D eigenvalue weighted by atomic mass is 16.5. The van der Waals surface area contributed by atoms with Crippen LogP contribution in [0.5, 0.6) is 0 Å². The van der Waals surface area contributed by atoms with Crippen LogP contribution in [0, 0.1) is 0 Å². The highest BCUT2D eigenvalue weighted by molar-refractivity contribution is 5.53. The van der Waals surface area contributed by atoms with Crippen LogP contribution in [0.4, 0.5) is 5.69 Å². The van der Waals surface area contributed by atoms with Gasteiger partial charge >= 0.3 is 0 Å². The van der Waals surface area contributed by atoms with Gasteiger partial charge in [0.15, 0.2) is 0 Å². The summed E-state index contributed by atoms with van der Waals surface area (Å²) in [5, 5.41) is 4.04. The molecule has 0 spiro atoms. The summed E-state index contributed by atoms with van der Waals surface area (Å²) in [6.07, 6.45) is 5.24. The van der Waals surface area contributed by atoms with E-state index in [0.29, 0.717) is 11.7 Å². The molecule has 1 aliphatic carbocycles. The second kappa shape index (κ2) is 3.96. The third-order valence-corrected chi connectivity index (χ3v) is 3.83. The van der Waals surface area contributed by atoms with Gasteiger partial charge in [-0.25, -0.2) is 0 Å². The molecule has 3 aromatic rings. The number of benzene rings is 1. The number of nitrogens with zero attached hydrogens (tertiary/aromatic N) is 2. The van der Waals surface area contributed by atoms with Crippen molar-refractivity contribution in [2.45, 2.75) is 18.3 Å². The highest BCUT2D eigenvalue weighted by Crippen LogP contribution is 2.53. The number of furan rings is 1. The van der Waals surface area contributed by atoms with E-state index in [1.54, 1.807) is 12.5 Å². The van der Waals surface area contributed by atoms with Crippen LogP contribution in [0.25, 0.3) is 11.4 Å². The van der Waals surface area contributed by atoms with E-state index < -0.39 is 0 Å². The largest absolute Gasteiger partial charge is 0.472 e. The third kappa shape index (κ3) is 1.63. The molecule has 20 heavy (non-hydrogen) atoms. The van der Waals surface area contributed by atoms with Gasteiger partial charge in [-0.3, -0.25) is 0 Å². The third-order valence-electron chi connectivity index (χ3n) is 3.83. The van der Waals surface area contributed by atoms with Gasteiger partial charge in [0.05, 0.1) is 17.2 Å². The standard InChI is InChI=1S/C15H13N3O2/c16-12-3-1-11(2-4-12)15(6-7-15)14-17-13(18-20-14)10-5-8-19-9-10/h1-5,8-9H,6-7,16H2. The van der Waals surface area contributed by atoms with Crippen LogP contribution >= 0.6 is 0 Å².